The van der Waals surface area contributed by atoms with E-state index in [1.165, 1.54) is 24.2 Å². The van der Waals surface area contributed by atoms with Crippen molar-refractivity contribution in [1.29, 1.82) is 0 Å². The van der Waals surface area contributed by atoms with E-state index in [0.717, 1.165) is 13.0 Å². The molecule has 3 heteroatoms. The minimum Gasteiger partial charge on any atom is -0.544 e. The molecule has 0 amide bonds. The van der Waals surface area contributed by atoms with Crippen LogP contribution in [0.1, 0.15) is 32.6 Å². The minimum absolute atomic E-state index is 0.193. The highest BCUT2D eigenvalue weighted by molar-refractivity contribution is 5.65. The van der Waals surface area contributed by atoms with E-state index in [9.17, 15) is 9.90 Å². The SMILES string of the molecule is CC[C@H]1CCCC[NH+]1CC(=O)[O-]. The molecule has 0 saturated carbocycles. The molecular weight excluding hydrogens is 154 g/mol. The zero-order valence-electron chi connectivity index (χ0n) is 7.64. The summed E-state index contributed by atoms with van der Waals surface area (Å²) >= 11 is 0. The molecule has 1 aliphatic rings. The van der Waals surface area contributed by atoms with E-state index in [1.54, 1.807) is 0 Å². The van der Waals surface area contributed by atoms with E-state index in [2.05, 4.69) is 6.92 Å². The topological polar surface area (TPSA) is 44.6 Å². The molecule has 1 aliphatic heterocycles. The van der Waals surface area contributed by atoms with E-state index in [1.807, 2.05) is 0 Å². The van der Waals surface area contributed by atoms with Crippen LogP contribution in [0, 0.1) is 0 Å². The minimum atomic E-state index is -0.912. The molecule has 2 atom stereocenters. The van der Waals surface area contributed by atoms with Crippen molar-refractivity contribution in [2.24, 2.45) is 0 Å². The molecule has 0 aliphatic carbocycles. The number of nitrogens with one attached hydrogen (secondary N) is 1. The Morgan fingerprint density at radius 2 is 2.33 bits per heavy atom. The first-order valence-electron chi connectivity index (χ1n) is 4.78. The quantitative estimate of drug-likeness (QED) is 0.566. The van der Waals surface area contributed by atoms with Gasteiger partial charge in [0.1, 0.15) is 6.54 Å². The summed E-state index contributed by atoms with van der Waals surface area (Å²) in [6, 6.07) is 0.552. The van der Waals surface area contributed by atoms with Gasteiger partial charge < -0.3 is 14.8 Å². The Morgan fingerprint density at radius 3 is 2.92 bits per heavy atom. The van der Waals surface area contributed by atoms with Crippen LogP contribution in [0.25, 0.3) is 0 Å². The second-order valence-electron chi connectivity index (χ2n) is 3.56. The average molecular weight is 171 g/mol. The molecule has 70 valence electrons. The highest BCUT2D eigenvalue weighted by Gasteiger charge is 2.23. The number of carbonyl (C=O) groups excluding carboxylic acids is 1. The number of aliphatic carboxylic acids is 1. The maximum Gasteiger partial charge on any atom is 0.118 e. The second-order valence-corrected chi connectivity index (χ2v) is 3.56. The molecule has 0 aromatic heterocycles. The molecule has 3 nitrogen and oxygen atoms in total. The standard InChI is InChI=1S/C9H17NO2/c1-2-8-5-3-4-6-10(8)7-9(11)12/h8H,2-7H2,1H3,(H,11,12)/t8-/m0/s1. The maximum absolute atomic E-state index is 10.4. The summed E-state index contributed by atoms with van der Waals surface area (Å²) in [5.41, 5.74) is 0. The van der Waals surface area contributed by atoms with Gasteiger partial charge in [0.2, 0.25) is 0 Å². The summed E-state index contributed by atoms with van der Waals surface area (Å²) < 4.78 is 0. The van der Waals surface area contributed by atoms with Crippen LogP contribution in [0.4, 0.5) is 0 Å². The Morgan fingerprint density at radius 1 is 1.58 bits per heavy atom. The fourth-order valence-corrected chi connectivity index (χ4v) is 2.06. The van der Waals surface area contributed by atoms with Gasteiger partial charge in [-0.15, -0.1) is 0 Å². The fraction of sp³-hybridized carbons (Fsp3) is 0.889. The van der Waals surface area contributed by atoms with Crippen molar-refractivity contribution < 1.29 is 14.8 Å². The van der Waals surface area contributed by atoms with Crippen LogP contribution in [0.15, 0.2) is 0 Å². The highest BCUT2D eigenvalue weighted by atomic mass is 16.4. The van der Waals surface area contributed by atoms with Crippen LogP contribution in [0.3, 0.4) is 0 Å². The Labute approximate surface area is 73.4 Å². The lowest BCUT2D eigenvalue weighted by Gasteiger charge is -2.32. The van der Waals surface area contributed by atoms with Crippen LogP contribution in [0.5, 0.6) is 0 Å². The van der Waals surface area contributed by atoms with E-state index in [4.69, 9.17) is 0 Å². The molecule has 12 heavy (non-hydrogen) atoms. The van der Waals surface area contributed by atoms with Gasteiger partial charge in [0.05, 0.1) is 18.6 Å². The predicted molar refractivity (Wildman–Crippen MR) is 43.6 cm³/mol. The van der Waals surface area contributed by atoms with Crippen LogP contribution in [-0.4, -0.2) is 25.1 Å². The van der Waals surface area contributed by atoms with Gasteiger partial charge in [0.15, 0.2) is 0 Å². The molecule has 0 radical (unpaired) electrons. The first kappa shape index (κ1) is 9.52. The zero-order chi connectivity index (χ0) is 8.97. The average Bonchev–Trinajstić information content (AvgIpc) is 2.04. The number of rotatable bonds is 3. The number of piperidine rings is 1. The molecular formula is C9H17NO2. The van der Waals surface area contributed by atoms with Gasteiger partial charge >= 0.3 is 0 Å². The first-order chi connectivity index (χ1) is 5.74. The van der Waals surface area contributed by atoms with Crippen molar-refractivity contribution in [2.45, 2.75) is 38.6 Å². The molecule has 0 aromatic rings. The summed E-state index contributed by atoms with van der Waals surface area (Å²) in [7, 11) is 0. The molecule has 1 rings (SSSR count). The Bertz CT molecular complexity index is 159. The number of likely N-dealkylation sites (tertiary alicyclic amines) is 1. The lowest BCUT2D eigenvalue weighted by Crippen LogP contribution is -3.17. The third-order valence-electron chi connectivity index (χ3n) is 2.74. The summed E-state index contributed by atoms with van der Waals surface area (Å²) in [5, 5.41) is 10.4. The van der Waals surface area contributed by atoms with Gasteiger partial charge in [0.25, 0.3) is 0 Å². The zero-order valence-corrected chi connectivity index (χ0v) is 7.64. The molecule has 1 N–H and O–H groups in total. The third kappa shape index (κ3) is 2.48. The molecule has 0 aromatic carbocycles. The van der Waals surface area contributed by atoms with Crippen LogP contribution in [-0.2, 0) is 4.79 Å². The molecule has 1 heterocycles. The van der Waals surface area contributed by atoms with Gasteiger partial charge in [-0.1, -0.05) is 6.92 Å². The van der Waals surface area contributed by atoms with Crippen molar-refractivity contribution in [1.82, 2.24) is 0 Å². The van der Waals surface area contributed by atoms with E-state index in [0.29, 0.717) is 6.04 Å². The molecule has 1 unspecified atom stereocenters. The van der Waals surface area contributed by atoms with E-state index < -0.39 is 5.97 Å². The maximum atomic E-state index is 10.4. The number of carboxylic acids is 1. The van der Waals surface area contributed by atoms with Gasteiger partial charge in [-0.2, -0.15) is 0 Å². The van der Waals surface area contributed by atoms with E-state index in [-0.39, 0.29) is 6.54 Å². The van der Waals surface area contributed by atoms with E-state index >= 15 is 0 Å². The van der Waals surface area contributed by atoms with Crippen molar-refractivity contribution in [2.75, 3.05) is 13.1 Å². The molecule has 0 bridgehead atoms. The largest absolute Gasteiger partial charge is 0.544 e. The van der Waals surface area contributed by atoms with Crippen LogP contribution in [0.2, 0.25) is 0 Å². The molecule has 1 fully saturated rings. The van der Waals surface area contributed by atoms with Crippen LogP contribution < -0.4 is 10.0 Å². The monoisotopic (exact) mass is 171 g/mol. The number of hydrogen-bond donors (Lipinski definition) is 1. The van der Waals surface area contributed by atoms with Gasteiger partial charge in [-0.3, -0.25) is 0 Å². The third-order valence-corrected chi connectivity index (χ3v) is 2.74. The second kappa shape index (κ2) is 4.45. The number of carbonyl (C=O) groups is 1. The summed E-state index contributed by atoms with van der Waals surface area (Å²) in [6.07, 6.45) is 4.69. The number of hydrogen-bond acceptors (Lipinski definition) is 2. The Balaban J connectivity index is 2.41. The van der Waals surface area contributed by atoms with Crippen molar-refractivity contribution in [3.63, 3.8) is 0 Å². The Hall–Kier alpha value is -0.570. The predicted octanol–water partition coefficient (Wildman–Crippen LogP) is -1.42. The summed E-state index contributed by atoms with van der Waals surface area (Å²) in [4.78, 5) is 11.6. The van der Waals surface area contributed by atoms with Crippen LogP contribution >= 0.6 is 0 Å². The first-order valence-corrected chi connectivity index (χ1v) is 4.78. The Kier molecular flexibility index (Phi) is 3.53. The molecule has 1 saturated heterocycles. The smallest absolute Gasteiger partial charge is 0.118 e. The van der Waals surface area contributed by atoms with Crippen molar-refractivity contribution >= 4 is 5.97 Å². The fourth-order valence-electron chi connectivity index (χ4n) is 2.06. The summed E-state index contributed by atoms with van der Waals surface area (Å²) in [5.74, 6) is -0.912. The summed E-state index contributed by atoms with van der Waals surface area (Å²) in [6.45, 7) is 3.33. The molecule has 0 spiro atoms. The highest BCUT2D eigenvalue weighted by Crippen LogP contribution is 2.04. The lowest BCUT2D eigenvalue weighted by atomic mass is 10.0. The van der Waals surface area contributed by atoms with Crippen molar-refractivity contribution in [3.8, 4) is 0 Å². The normalized spacial score (nSPS) is 30.1. The van der Waals surface area contributed by atoms with Gasteiger partial charge in [-0.05, 0) is 25.7 Å². The van der Waals surface area contributed by atoms with Gasteiger partial charge in [-0.25, -0.2) is 0 Å². The number of quaternary nitrogens is 1. The van der Waals surface area contributed by atoms with Crippen molar-refractivity contribution in [3.05, 3.63) is 0 Å². The lowest BCUT2D eigenvalue weighted by molar-refractivity contribution is -0.925. The number of carboxylic acid groups (broad SMARTS) is 1. The van der Waals surface area contributed by atoms with Gasteiger partial charge in [0, 0.05) is 0 Å².